The summed E-state index contributed by atoms with van der Waals surface area (Å²) >= 11 is 6.26. The molecule has 2 rings (SSSR count). The average molecular weight is 294 g/mol. The fourth-order valence-electron chi connectivity index (χ4n) is 3.39. The molecule has 1 aliphatic carbocycles. The minimum absolute atomic E-state index is 0.183. The molecular weight excluding hydrogens is 266 g/mol. The molecule has 0 amide bonds. The first-order valence-electron chi connectivity index (χ1n) is 7.84. The molecule has 0 saturated heterocycles. The molecule has 112 valence electrons. The van der Waals surface area contributed by atoms with Gasteiger partial charge >= 0.3 is 0 Å². The second-order valence-corrected chi connectivity index (χ2v) is 7.64. The molecule has 1 fully saturated rings. The fourth-order valence-corrected chi connectivity index (χ4v) is 3.57. The van der Waals surface area contributed by atoms with Crippen molar-refractivity contribution in [3.05, 3.63) is 34.3 Å². The van der Waals surface area contributed by atoms with E-state index in [2.05, 4.69) is 39.0 Å². The summed E-state index contributed by atoms with van der Waals surface area (Å²) in [6.07, 6.45) is 5.83. The van der Waals surface area contributed by atoms with Gasteiger partial charge in [-0.15, -0.1) is 0 Å². The van der Waals surface area contributed by atoms with Crippen LogP contribution in [0.15, 0.2) is 18.2 Å². The van der Waals surface area contributed by atoms with E-state index in [9.17, 15) is 0 Å². The Kier molecular flexibility index (Phi) is 4.51. The predicted molar refractivity (Wildman–Crippen MR) is 88.1 cm³/mol. The van der Waals surface area contributed by atoms with Gasteiger partial charge in [0.1, 0.15) is 0 Å². The van der Waals surface area contributed by atoms with Gasteiger partial charge in [-0.05, 0) is 61.1 Å². The highest BCUT2D eigenvalue weighted by atomic mass is 35.5. The lowest BCUT2D eigenvalue weighted by atomic mass is 9.64. The van der Waals surface area contributed by atoms with Gasteiger partial charge in [-0.25, -0.2) is 0 Å². The van der Waals surface area contributed by atoms with Crippen molar-refractivity contribution in [3.63, 3.8) is 0 Å². The summed E-state index contributed by atoms with van der Waals surface area (Å²) in [5.74, 6) is 0.796. The number of hydrogen-bond acceptors (Lipinski definition) is 1. The van der Waals surface area contributed by atoms with Gasteiger partial charge in [-0.3, -0.25) is 0 Å². The molecule has 2 heteroatoms. The Morgan fingerprint density at radius 3 is 2.40 bits per heavy atom. The minimum Gasteiger partial charge on any atom is -0.321 e. The fraction of sp³-hybridized carbons (Fsp3) is 0.667. The summed E-state index contributed by atoms with van der Waals surface area (Å²) in [4.78, 5) is 0. The zero-order chi connectivity index (χ0) is 15.0. The number of hydrogen-bond donors (Lipinski definition) is 1. The molecule has 1 aliphatic rings. The lowest BCUT2D eigenvalue weighted by Crippen LogP contribution is -2.42. The van der Waals surface area contributed by atoms with E-state index in [4.69, 9.17) is 17.3 Å². The molecule has 1 saturated carbocycles. The highest BCUT2D eigenvalue weighted by Gasteiger charge is 2.38. The van der Waals surface area contributed by atoms with E-state index >= 15 is 0 Å². The summed E-state index contributed by atoms with van der Waals surface area (Å²) in [5, 5.41) is 0.836. The lowest BCUT2D eigenvalue weighted by molar-refractivity contribution is 0.115. The molecule has 0 unspecified atom stereocenters. The standard InChI is InChI=1S/C18H28ClN/c1-5-17(3,4)14-8-10-18(20,11-9-14)15-7-6-13(2)16(19)12-15/h6-7,12,14H,5,8-11,20H2,1-4H3. The molecule has 0 aromatic heterocycles. The van der Waals surface area contributed by atoms with Crippen molar-refractivity contribution >= 4 is 11.6 Å². The van der Waals surface area contributed by atoms with Crippen molar-refractivity contribution in [2.24, 2.45) is 17.1 Å². The maximum Gasteiger partial charge on any atom is 0.0438 e. The van der Waals surface area contributed by atoms with E-state index in [0.29, 0.717) is 5.41 Å². The summed E-state index contributed by atoms with van der Waals surface area (Å²) < 4.78 is 0. The maximum atomic E-state index is 6.69. The average Bonchev–Trinajstić information content (AvgIpc) is 2.42. The van der Waals surface area contributed by atoms with Crippen LogP contribution >= 0.6 is 11.6 Å². The van der Waals surface area contributed by atoms with Crippen LogP contribution in [0.25, 0.3) is 0 Å². The molecule has 2 N–H and O–H groups in total. The zero-order valence-electron chi connectivity index (χ0n) is 13.3. The van der Waals surface area contributed by atoms with Gasteiger partial charge in [0.15, 0.2) is 0 Å². The van der Waals surface area contributed by atoms with Crippen LogP contribution in [0.3, 0.4) is 0 Å². The van der Waals surface area contributed by atoms with E-state index in [1.807, 2.05) is 6.92 Å². The van der Waals surface area contributed by atoms with Crippen molar-refractivity contribution in [3.8, 4) is 0 Å². The molecule has 0 spiro atoms. The van der Waals surface area contributed by atoms with Crippen LogP contribution in [0.5, 0.6) is 0 Å². The monoisotopic (exact) mass is 293 g/mol. The SMILES string of the molecule is CCC(C)(C)C1CCC(N)(c2ccc(C)c(Cl)c2)CC1. The number of halogens is 1. The van der Waals surface area contributed by atoms with Gasteiger partial charge in [0.2, 0.25) is 0 Å². The summed E-state index contributed by atoms with van der Waals surface area (Å²) in [6.45, 7) is 9.12. The van der Waals surface area contributed by atoms with Crippen molar-refractivity contribution in [2.45, 2.75) is 65.3 Å². The van der Waals surface area contributed by atoms with E-state index in [1.54, 1.807) is 0 Å². The Morgan fingerprint density at radius 2 is 1.90 bits per heavy atom. The van der Waals surface area contributed by atoms with Crippen molar-refractivity contribution in [1.82, 2.24) is 0 Å². The van der Waals surface area contributed by atoms with E-state index in [1.165, 1.54) is 24.8 Å². The van der Waals surface area contributed by atoms with Crippen LogP contribution in [0.4, 0.5) is 0 Å². The van der Waals surface area contributed by atoms with E-state index in [-0.39, 0.29) is 5.54 Å². The van der Waals surface area contributed by atoms with Crippen LogP contribution < -0.4 is 5.73 Å². The number of rotatable bonds is 3. The molecule has 0 aliphatic heterocycles. The molecule has 1 aromatic carbocycles. The van der Waals surface area contributed by atoms with Crippen molar-refractivity contribution in [2.75, 3.05) is 0 Å². The smallest absolute Gasteiger partial charge is 0.0438 e. The summed E-state index contributed by atoms with van der Waals surface area (Å²) in [5.41, 5.74) is 9.28. The zero-order valence-corrected chi connectivity index (χ0v) is 14.1. The van der Waals surface area contributed by atoms with Gasteiger partial charge in [-0.1, -0.05) is 50.9 Å². The van der Waals surface area contributed by atoms with Gasteiger partial charge in [-0.2, -0.15) is 0 Å². The van der Waals surface area contributed by atoms with E-state index < -0.39 is 0 Å². The first kappa shape index (κ1) is 15.9. The Balaban J connectivity index is 2.13. The van der Waals surface area contributed by atoms with Crippen LogP contribution in [0, 0.1) is 18.3 Å². The molecule has 1 nitrogen and oxygen atoms in total. The number of benzene rings is 1. The minimum atomic E-state index is -0.183. The van der Waals surface area contributed by atoms with Crippen LogP contribution in [-0.4, -0.2) is 0 Å². The van der Waals surface area contributed by atoms with Crippen LogP contribution in [0.1, 0.15) is 64.0 Å². The molecule has 20 heavy (non-hydrogen) atoms. The third kappa shape index (κ3) is 3.04. The third-order valence-electron chi connectivity index (χ3n) is 5.64. The normalized spacial score (nSPS) is 27.6. The third-order valence-corrected chi connectivity index (χ3v) is 6.05. The Morgan fingerprint density at radius 1 is 1.30 bits per heavy atom. The molecular formula is C18H28ClN. The molecule has 0 atom stereocenters. The topological polar surface area (TPSA) is 26.0 Å². The highest BCUT2D eigenvalue weighted by molar-refractivity contribution is 6.31. The number of nitrogens with two attached hydrogens (primary N) is 1. The van der Waals surface area contributed by atoms with Gasteiger partial charge < -0.3 is 5.73 Å². The predicted octanol–water partition coefficient (Wildman–Crippen LogP) is 5.43. The summed E-state index contributed by atoms with van der Waals surface area (Å²) in [6, 6.07) is 6.32. The number of aryl methyl sites for hydroxylation is 1. The Labute approximate surface area is 128 Å². The Hall–Kier alpha value is -0.530. The lowest BCUT2D eigenvalue weighted by Gasteiger charge is -2.43. The van der Waals surface area contributed by atoms with Crippen LogP contribution in [-0.2, 0) is 5.54 Å². The molecule has 1 aromatic rings. The van der Waals surface area contributed by atoms with Gasteiger partial charge in [0.25, 0.3) is 0 Å². The van der Waals surface area contributed by atoms with Crippen molar-refractivity contribution < 1.29 is 0 Å². The first-order valence-corrected chi connectivity index (χ1v) is 8.22. The second-order valence-electron chi connectivity index (χ2n) is 7.24. The maximum absolute atomic E-state index is 6.69. The van der Waals surface area contributed by atoms with Crippen LogP contribution in [0.2, 0.25) is 5.02 Å². The molecule has 0 bridgehead atoms. The van der Waals surface area contributed by atoms with Gasteiger partial charge in [0, 0.05) is 10.6 Å². The molecule has 0 radical (unpaired) electrons. The molecule has 0 heterocycles. The Bertz CT molecular complexity index is 470. The second kappa shape index (κ2) is 5.69. The largest absolute Gasteiger partial charge is 0.321 e. The van der Waals surface area contributed by atoms with E-state index in [0.717, 1.165) is 29.3 Å². The van der Waals surface area contributed by atoms with Crippen molar-refractivity contribution in [1.29, 1.82) is 0 Å². The van der Waals surface area contributed by atoms with Gasteiger partial charge in [0.05, 0.1) is 0 Å². The highest BCUT2D eigenvalue weighted by Crippen LogP contribution is 2.46. The first-order chi connectivity index (χ1) is 9.28. The summed E-state index contributed by atoms with van der Waals surface area (Å²) in [7, 11) is 0. The quantitative estimate of drug-likeness (QED) is 0.790.